The number of fused-ring (bicyclic) bond motifs is 2. The fourth-order valence-corrected chi connectivity index (χ4v) is 5.12. The molecular weight excluding hydrogens is 414 g/mol. The van der Waals surface area contributed by atoms with Crippen LogP contribution in [-0.4, -0.2) is 52.2 Å². The summed E-state index contributed by atoms with van der Waals surface area (Å²) in [7, 11) is 0. The number of pyridine rings is 1. The standard InChI is InChI=1S/C25H33N7O/c1-2-3-9-28-23-22-21(29-25(26)30-23)8-10-32(24(22)33)14-18-6-4-17(5-7-18)13-31-15-19-11-27-12-20(19)16-31/h4-8,10,19-20,27H,2-3,9,11-16H2,1H3,(H3,26,28,29,30). The lowest BCUT2D eigenvalue weighted by atomic mass is 10.0. The fraction of sp³-hybridized carbons (Fsp3) is 0.480. The van der Waals surface area contributed by atoms with Crippen LogP contribution in [0, 0.1) is 11.8 Å². The molecule has 2 unspecified atom stereocenters. The van der Waals surface area contributed by atoms with E-state index in [4.69, 9.17) is 5.73 Å². The van der Waals surface area contributed by atoms with Crippen LogP contribution < -0.4 is 21.9 Å². The van der Waals surface area contributed by atoms with Crippen molar-refractivity contribution in [2.24, 2.45) is 11.8 Å². The lowest BCUT2D eigenvalue weighted by molar-refractivity contribution is 0.305. The molecule has 0 saturated carbocycles. The zero-order valence-electron chi connectivity index (χ0n) is 19.3. The summed E-state index contributed by atoms with van der Waals surface area (Å²) in [5.41, 5.74) is 8.75. The Hall–Kier alpha value is -2.97. The molecule has 0 aliphatic carbocycles. The molecule has 2 saturated heterocycles. The second-order valence-corrected chi connectivity index (χ2v) is 9.41. The highest BCUT2D eigenvalue weighted by atomic mass is 16.1. The fourth-order valence-electron chi connectivity index (χ4n) is 5.12. The Morgan fingerprint density at radius 1 is 1.06 bits per heavy atom. The van der Waals surface area contributed by atoms with Crippen molar-refractivity contribution in [1.29, 1.82) is 0 Å². The SMILES string of the molecule is CCCCNc1nc(N)nc2ccn(Cc3ccc(CN4CC5CNCC5C4)cc3)c(=O)c12. The Morgan fingerprint density at radius 2 is 1.76 bits per heavy atom. The zero-order chi connectivity index (χ0) is 22.8. The quantitative estimate of drug-likeness (QED) is 0.456. The van der Waals surface area contributed by atoms with Crippen LogP contribution in [0.15, 0.2) is 41.3 Å². The number of nitrogens with zero attached hydrogens (tertiary/aromatic N) is 4. The minimum absolute atomic E-state index is 0.104. The molecule has 0 amide bonds. The molecule has 4 N–H and O–H groups in total. The lowest BCUT2D eigenvalue weighted by Crippen LogP contribution is -2.25. The van der Waals surface area contributed by atoms with E-state index >= 15 is 0 Å². The van der Waals surface area contributed by atoms with Crippen molar-refractivity contribution in [3.63, 3.8) is 0 Å². The molecule has 3 aromatic rings. The first kappa shape index (κ1) is 21.9. The van der Waals surface area contributed by atoms with Gasteiger partial charge >= 0.3 is 0 Å². The third kappa shape index (κ3) is 4.72. The highest BCUT2D eigenvalue weighted by Crippen LogP contribution is 2.27. The monoisotopic (exact) mass is 447 g/mol. The minimum atomic E-state index is -0.104. The Labute approximate surface area is 194 Å². The second kappa shape index (κ2) is 9.49. The second-order valence-electron chi connectivity index (χ2n) is 9.41. The molecule has 8 nitrogen and oxygen atoms in total. The van der Waals surface area contributed by atoms with Gasteiger partial charge in [0.1, 0.15) is 11.2 Å². The molecule has 2 atom stereocenters. The molecule has 2 aromatic heterocycles. The van der Waals surface area contributed by atoms with E-state index in [2.05, 4.69) is 56.7 Å². The number of aromatic nitrogens is 3. The molecule has 33 heavy (non-hydrogen) atoms. The van der Waals surface area contributed by atoms with Crippen molar-refractivity contribution in [3.05, 3.63) is 58.0 Å². The number of hydrogen-bond acceptors (Lipinski definition) is 7. The minimum Gasteiger partial charge on any atom is -0.369 e. The van der Waals surface area contributed by atoms with Crippen LogP contribution in [0.3, 0.4) is 0 Å². The van der Waals surface area contributed by atoms with Gasteiger partial charge < -0.3 is 20.9 Å². The van der Waals surface area contributed by atoms with Crippen LogP contribution in [-0.2, 0) is 13.1 Å². The first-order valence-corrected chi connectivity index (χ1v) is 12.0. The Morgan fingerprint density at radius 3 is 2.45 bits per heavy atom. The van der Waals surface area contributed by atoms with Gasteiger partial charge in [0.15, 0.2) is 0 Å². The Kier molecular flexibility index (Phi) is 6.28. The normalized spacial score (nSPS) is 20.4. The summed E-state index contributed by atoms with van der Waals surface area (Å²) in [4.78, 5) is 24.4. The van der Waals surface area contributed by atoms with Gasteiger partial charge in [-0.3, -0.25) is 9.69 Å². The molecular formula is C25H33N7O. The van der Waals surface area contributed by atoms with E-state index in [0.29, 0.717) is 23.3 Å². The van der Waals surface area contributed by atoms with Gasteiger partial charge in [0, 0.05) is 32.4 Å². The molecule has 0 bridgehead atoms. The smallest absolute Gasteiger partial charge is 0.264 e. The lowest BCUT2D eigenvalue weighted by Gasteiger charge is -2.17. The average Bonchev–Trinajstić information content (AvgIpc) is 3.39. The Bertz CT molecular complexity index is 1160. The molecule has 0 spiro atoms. The van der Waals surface area contributed by atoms with Crippen LogP contribution in [0.1, 0.15) is 30.9 Å². The van der Waals surface area contributed by atoms with Crippen LogP contribution >= 0.6 is 0 Å². The summed E-state index contributed by atoms with van der Waals surface area (Å²) in [6, 6.07) is 10.5. The molecule has 4 heterocycles. The molecule has 8 heteroatoms. The molecule has 0 radical (unpaired) electrons. The largest absolute Gasteiger partial charge is 0.369 e. The van der Waals surface area contributed by atoms with Crippen molar-refractivity contribution in [3.8, 4) is 0 Å². The average molecular weight is 448 g/mol. The first-order valence-electron chi connectivity index (χ1n) is 12.0. The molecule has 2 fully saturated rings. The predicted octanol–water partition coefficient (Wildman–Crippen LogP) is 2.29. The maximum absolute atomic E-state index is 13.3. The molecule has 2 aliphatic heterocycles. The summed E-state index contributed by atoms with van der Waals surface area (Å²) in [6.07, 6.45) is 3.84. The maximum Gasteiger partial charge on any atom is 0.264 e. The van der Waals surface area contributed by atoms with E-state index in [9.17, 15) is 4.79 Å². The van der Waals surface area contributed by atoms with Crippen molar-refractivity contribution in [1.82, 2.24) is 24.8 Å². The van der Waals surface area contributed by atoms with E-state index in [1.807, 2.05) is 6.07 Å². The van der Waals surface area contributed by atoms with Crippen LogP contribution in [0.25, 0.3) is 10.9 Å². The van der Waals surface area contributed by atoms with Crippen molar-refractivity contribution < 1.29 is 0 Å². The van der Waals surface area contributed by atoms with Gasteiger partial charge in [-0.25, -0.2) is 4.98 Å². The number of anilines is 2. The van der Waals surface area contributed by atoms with Crippen LogP contribution in [0.2, 0.25) is 0 Å². The van der Waals surface area contributed by atoms with E-state index in [1.54, 1.807) is 10.8 Å². The zero-order valence-corrected chi connectivity index (χ0v) is 19.3. The topological polar surface area (TPSA) is 101 Å². The highest BCUT2D eigenvalue weighted by Gasteiger charge is 2.35. The van der Waals surface area contributed by atoms with E-state index < -0.39 is 0 Å². The summed E-state index contributed by atoms with van der Waals surface area (Å²) >= 11 is 0. The number of rotatable bonds is 8. The Balaban J connectivity index is 1.31. The number of nitrogen functional groups attached to an aromatic ring is 1. The van der Waals surface area contributed by atoms with E-state index in [1.165, 1.54) is 18.7 Å². The van der Waals surface area contributed by atoms with Crippen molar-refractivity contribution in [2.45, 2.75) is 32.9 Å². The van der Waals surface area contributed by atoms with E-state index in [0.717, 1.165) is 56.4 Å². The van der Waals surface area contributed by atoms with Gasteiger partial charge in [0.05, 0.1) is 12.1 Å². The molecule has 174 valence electrons. The summed E-state index contributed by atoms with van der Waals surface area (Å²) < 4.78 is 1.72. The molecule has 2 aliphatic rings. The van der Waals surface area contributed by atoms with Gasteiger partial charge in [-0.05, 0) is 48.5 Å². The maximum atomic E-state index is 13.3. The summed E-state index contributed by atoms with van der Waals surface area (Å²) in [6.45, 7) is 9.07. The number of nitrogens with two attached hydrogens (primary N) is 1. The number of hydrogen-bond donors (Lipinski definition) is 3. The van der Waals surface area contributed by atoms with Gasteiger partial charge in [-0.2, -0.15) is 4.98 Å². The first-order chi connectivity index (χ1) is 16.1. The number of benzene rings is 1. The van der Waals surface area contributed by atoms with Crippen molar-refractivity contribution >= 4 is 22.7 Å². The molecule has 1 aromatic carbocycles. The van der Waals surface area contributed by atoms with Gasteiger partial charge in [0.25, 0.3) is 5.56 Å². The predicted molar refractivity (Wildman–Crippen MR) is 132 cm³/mol. The van der Waals surface area contributed by atoms with Crippen LogP contribution in [0.5, 0.6) is 0 Å². The van der Waals surface area contributed by atoms with E-state index in [-0.39, 0.29) is 11.5 Å². The van der Waals surface area contributed by atoms with Gasteiger partial charge in [0.2, 0.25) is 5.95 Å². The summed E-state index contributed by atoms with van der Waals surface area (Å²) in [5.74, 6) is 2.31. The van der Waals surface area contributed by atoms with Crippen molar-refractivity contribution in [2.75, 3.05) is 43.8 Å². The van der Waals surface area contributed by atoms with Crippen LogP contribution in [0.4, 0.5) is 11.8 Å². The number of nitrogens with one attached hydrogen (secondary N) is 2. The third-order valence-corrected chi connectivity index (χ3v) is 6.91. The van der Waals surface area contributed by atoms with Gasteiger partial charge in [-0.1, -0.05) is 37.6 Å². The number of unbranched alkanes of at least 4 members (excludes halogenated alkanes) is 1. The third-order valence-electron chi connectivity index (χ3n) is 6.91. The number of likely N-dealkylation sites (tertiary alicyclic amines) is 1. The summed E-state index contributed by atoms with van der Waals surface area (Å²) in [5, 5.41) is 7.26. The molecule has 5 rings (SSSR count). The highest BCUT2D eigenvalue weighted by molar-refractivity contribution is 5.89. The van der Waals surface area contributed by atoms with Gasteiger partial charge in [-0.15, -0.1) is 0 Å².